The quantitative estimate of drug-likeness (QED) is 0.711. The van der Waals surface area contributed by atoms with Crippen molar-refractivity contribution in [2.24, 2.45) is 0 Å². The zero-order valence-electron chi connectivity index (χ0n) is 6.24. The van der Waals surface area contributed by atoms with Crippen LogP contribution in [0.1, 0.15) is 5.56 Å². The molecule has 62 valence electrons. The standard InChI is InChI=1S/C7H5ClN2OS/c1-4-2-12-3-5(4)6-9-7(8)10-11-6/h2-3H,1H3. The van der Waals surface area contributed by atoms with E-state index < -0.39 is 0 Å². The minimum Gasteiger partial charge on any atom is -0.333 e. The summed E-state index contributed by atoms with van der Waals surface area (Å²) >= 11 is 7.12. The Hall–Kier alpha value is -0.870. The molecule has 0 saturated heterocycles. The predicted molar refractivity (Wildman–Crippen MR) is 47.4 cm³/mol. The predicted octanol–water partition coefficient (Wildman–Crippen LogP) is 2.76. The monoisotopic (exact) mass is 200 g/mol. The largest absolute Gasteiger partial charge is 0.333 e. The Balaban J connectivity index is 2.50. The smallest absolute Gasteiger partial charge is 0.264 e. The number of hydrogen-bond donors (Lipinski definition) is 0. The highest BCUT2D eigenvalue weighted by molar-refractivity contribution is 7.08. The molecule has 0 amide bonds. The van der Waals surface area contributed by atoms with Crippen molar-refractivity contribution in [1.82, 2.24) is 10.1 Å². The van der Waals surface area contributed by atoms with E-state index in [2.05, 4.69) is 10.1 Å². The van der Waals surface area contributed by atoms with E-state index in [0.29, 0.717) is 5.89 Å². The van der Waals surface area contributed by atoms with Gasteiger partial charge in [0.05, 0.1) is 5.56 Å². The van der Waals surface area contributed by atoms with Gasteiger partial charge < -0.3 is 4.52 Å². The van der Waals surface area contributed by atoms with Crippen LogP contribution in [0.4, 0.5) is 0 Å². The highest BCUT2D eigenvalue weighted by Gasteiger charge is 2.09. The van der Waals surface area contributed by atoms with Crippen molar-refractivity contribution in [1.29, 1.82) is 0 Å². The van der Waals surface area contributed by atoms with Crippen LogP contribution >= 0.6 is 22.9 Å². The first-order chi connectivity index (χ1) is 5.77. The van der Waals surface area contributed by atoms with E-state index in [1.807, 2.05) is 17.7 Å². The zero-order chi connectivity index (χ0) is 8.55. The fraction of sp³-hybridized carbons (Fsp3) is 0.143. The molecule has 0 aromatic carbocycles. The summed E-state index contributed by atoms with van der Waals surface area (Å²) < 4.78 is 4.90. The van der Waals surface area contributed by atoms with Gasteiger partial charge in [-0.1, -0.05) is 0 Å². The minimum absolute atomic E-state index is 0.149. The molecule has 0 aliphatic heterocycles. The van der Waals surface area contributed by atoms with E-state index >= 15 is 0 Å². The number of halogens is 1. The van der Waals surface area contributed by atoms with Crippen LogP contribution in [0, 0.1) is 6.92 Å². The highest BCUT2D eigenvalue weighted by Crippen LogP contribution is 2.25. The molecule has 3 nitrogen and oxygen atoms in total. The maximum Gasteiger partial charge on any atom is 0.264 e. The van der Waals surface area contributed by atoms with Crippen LogP contribution in [0.3, 0.4) is 0 Å². The number of nitrogens with zero attached hydrogens (tertiary/aromatic N) is 2. The minimum atomic E-state index is 0.149. The Morgan fingerprint density at radius 2 is 2.33 bits per heavy atom. The number of hydrogen-bond acceptors (Lipinski definition) is 4. The average molecular weight is 201 g/mol. The molecule has 0 aliphatic rings. The zero-order valence-corrected chi connectivity index (χ0v) is 7.82. The maximum atomic E-state index is 5.52. The number of thiophene rings is 1. The third kappa shape index (κ3) is 1.23. The molecule has 12 heavy (non-hydrogen) atoms. The molecule has 0 radical (unpaired) electrons. The van der Waals surface area contributed by atoms with E-state index in [1.54, 1.807) is 11.3 Å². The van der Waals surface area contributed by atoms with Crippen LogP contribution in [-0.2, 0) is 0 Å². The molecule has 0 unspecified atom stereocenters. The fourth-order valence-corrected chi connectivity index (χ4v) is 1.83. The summed E-state index contributed by atoms with van der Waals surface area (Å²) in [6.45, 7) is 1.99. The molecular weight excluding hydrogens is 196 g/mol. The topological polar surface area (TPSA) is 38.9 Å². The van der Waals surface area contributed by atoms with Gasteiger partial charge >= 0.3 is 0 Å². The Morgan fingerprint density at radius 3 is 2.83 bits per heavy atom. The maximum absolute atomic E-state index is 5.52. The van der Waals surface area contributed by atoms with Crippen molar-refractivity contribution in [3.63, 3.8) is 0 Å². The molecule has 2 aromatic rings. The van der Waals surface area contributed by atoms with Gasteiger partial charge in [0.25, 0.3) is 11.2 Å². The molecular formula is C7H5ClN2OS. The summed E-state index contributed by atoms with van der Waals surface area (Å²) in [4.78, 5) is 3.91. The van der Waals surface area contributed by atoms with E-state index in [0.717, 1.165) is 11.1 Å². The van der Waals surface area contributed by atoms with Crippen molar-refractivity contribution in [3.05, 3.63) is 21.6 Å². The second kappa shape index (κ2) is 2.88. The summed E-state index contributed by atoms with van der Waals surface area (Å²) in [7, 11) is 0. The third-order valence-electron chi connectivity index (χ3n) is 1.49. The fourth-order valence-electron chi connectivity index (χ4n) is 0.895. The summed E-state index contributed by atoms with van der Waals surface area (Å²) in [5.74, 6) is 0.485. The lowest BCUT2D eigenvalue weighted by Gasteiger charge is -1.87. The lowest BCUT2D eigenvalue weighted by molar-refractivity contribution is 0.430. The summed E-state index contributed by atoms with van der Waals surface area (Å²) in [5.41, 5.74) is 2.08. The Morgan fingerprint density at radius 1 is 1.50 bits per heavy atom. The van der Waals surface area contributed by atoms with Crippen LogP contribution < -0.4 is 0 Å². The van der Waals surface area contributed by atoms with Crippen molar-refractivity contribution in [2.45, 2.75) is 6.92 Å². The highest BCUT2D eigenvalue weighted by atomic mass is 35.5. The second-order valence-corrected chi connectivity index (χ2v) is 3.42. The van der Waals surface area contributed by atoms with Gasteiger partial charge in [-0.15, -0.1) is 0 Å². The molecule has 5 heteroatoms. The van der Waals surface area contributed by atoms with E-state index in [4.69, 9.17) is 16.1 Å². The van der Waals surface area contributed by atoms with Crippen molar-refractivity contribution in [2.75, 3.05) is 0 Å². The van der Waals surface area contributed by atoms with Crippen LogP contribution in [-0.4, -0.2) is 10.1 Å². The van der Waals surface area contributed by atoms with Crippen molar-refractivity contribution in [3.8, 4) is 11.5 Å². The Bertz CT molecular complexity index is 396. The molecule has 0 aliphatic carbocycles. The number of aryl methyl sites for hydroxylation is 1. The van der Waals surface area contributed by atoms with Crippen LogP contribution in [0.15, 0.2) is 15.3 Å². The first kappa shape index (κ1) is 7.76. The first-order valence-corrected chi connectivity index (χ1v) is 4.62. The van der Waals surface area contributed by atoms with Gasteiger partial charge in [-0.3, -0.25) is 0 Å². The molecule has 0 spiro atoms. The molecule has 0 bridgehead atoms. The van der Waals surface area contributed by atoms with Gasteiger partial charge in [-0.05, 0) is 34.6 Å². The van der Waals surface area contributed by atoms with Gasteiger partial charge in [-0.25, -0.2) is 0 Å². The second-order valence-electron chi connectivity index (χ2n) is 2.34. The molecule has 2 aromatic heterocycles. The molecule has 2 heterocycles. The molecule has 0 saturated carbocycles. The summed E-state index contributed by atoms with van der Waals surface area (Å²) in [5, 5.41) is 7.63. The van der Waals surface area contributed by atoms with Crippen LogP contribution in [0.5, 0.6) is 0 Å². The van der Waals surface area contributed by atoms with E-state index in [9.17, 15) is 0 Å². The first-order valence-electron chi connectivity index (χ1n) is 3.30. The van der Waals surface area contributed by atoms with Gasteiger partial charge in [0.15, 0.2) is 0 Å². The Kier molecular flexibility index (Phi) is 1.86. The Labute approximate surface area is 78.0 Å². The average Bonchev–Trinajstić information content (AvgIpc) is 2.58. The molecule has 0 fully saturated rings. The summed E-state index contributed by atoms with van der Waals surface area (Å²) in [6, 6.07) is 0. The van der Waals surface area contributed by atoms with Gasteiger partial charge in [0.1, 0.15) is 0 Å². The van der Waals surface area contributed by atoms with E-state index in [-0.39, 0.29) is 5.28 Å². The lowest BCUT2D eigenvalue weighted by atomic mass is 10.2. The SMILES string of the molecule is Cc1cscc1-c1nc(Cl)no1. The van der Waals surface area contributed by atoms with Gasteiger partial charge in [0, 0.05) is 5.38 Å². The van der Waals surface area contributed by atoms with E-state index in [1.165, 1.54) is 0 Å². The summed E-state index contributed by atoms with van der Waals surface area (Å²) in [6.07, 6.45) is 0. The number of aromatic nitrogens is 2. The lowest BCUT2D eigenvalue weighted by Crippen LogP contribution is -1.75. The molecule has 0 N–H and O–H groups in total. The van der Waals surface area contributed by atoms with Gasteiger partial charge in [0.2, 0.25) is 0 Å². The number of rotatable bonds is 1. The molecule has 0 atom stereocenters. The molecule has 2 rings (SSSR count). The van der Waals surface area contributed by atoms with Crippen LogP contribution in [0.2, 0.25) is 5.28 Å². The van der Waals surface area contributed by atoms with Crippen molar-refractivity contribution >= 4 is 22.9 Å². The normalized spacial score (nSPS) is 10.5. The third-order valence-corrected chi connectivity index (χ3v) is 2.50. The van der Waals surface area contributed by atoms with Crippen LogP contribution in [0.25, 0.3) is 11.5 Å². The van der Waals surface area contributed by atoms with Gasteiger partial charge in [-0.2, -0.15) is 16.3 Å². The van der Waals surface area contributed by atoms with Crippen molar-refractivity contribution < 1.29 is 4.52 Å².